The molecule has 0 aliphatic rings. The molecule has 2 atom stereocenters. The maximum Gasteiger partial charge on any atom is 0.306 e. The molecular weight excluding hydrogens is 793 g/mol. The number of unbranched alkanes of at least 4 members (excludes halogenated alkanes) is 39. The van der Waals surface area contributed by atoms with E-state index in [0.717, 1.165) is 63.7 Å². The lowest BCUT2D eigenvalue weighted by Crippen LogP contribution is -2.30. The van der Waals surface area contributed by atoms with E-state index in [2.05, 4.69) is 27.7 Å². The molecule has 0 saturated heterocycles. The zero-order chi connectivity index (χ0) is 46.7. The Morgan fingerprint density at radius 1 is 0.312 bits per heavy atom. The van der Waals surface area contributed by atoms with Crippen molar-refractivity contribution in [2.24, 2.45) is 5.92 Å². The highest BCUT2D eigenvalue weighted by Crippen LogP contribution is 2.18. The summed E-state index contributed by atoms with van der Waals surface area (Å²) >= 11 is 0. The number of hydrogen-bond donors (Lipinski definition) is 0. The Labute approximate surface area is 399 Å². The Balaban J connectivity index is 4.21. The second-order valence-electron chi connectivity index (χ2n) is 20.2. The van der Waals surface area contributed by atoms with E-state index in [9.17, 15) is 14.4 Å². The van der Waals surface area contributed by atoms with Crippen LogP contribution in [0.3, 0.4) is 0 Å². The summed E-state index contributed by atoms with van der Waals surface area (Å²) in [6.45, 7) is 9.08. The molecule has 0 heterocycles. The summed E-state index contributed by atoms with van der Waals surface area (Å²) in [6, 6.07) is 0. The molecule has 0 aliphatic heterocycles. The van der Waals surface area contributed by atoms with Crippen LogP contribution < -0.4 is 0 Å². The summed E-state index contributed by atoms with van der Waals surface area (Å²) in [7, 11) is 0. The van der Waals surface area contributed by atoms with Crippen LogP contribution in [0, 0.1) is 5.92 Å². The number of carbonyl (C=O) groups is 3. The van der Waals surface area contributed by atoms with Crippen LogP contribution in [0.2, 0.25) is 0 Å². The minimum absolute atomic E-state index is 0.0622. The molecule has 6 heteroatoms. The lowest BCUT2D eigenvalue weighted by atomic mass is 9.99. The number of ether oxygens (including phenoxy) is 3. The molecule has 0 fully saturated rings. The summed E-state index contributed by atoms with van der Waals surface area (Å²) in [5.41, 5.74) is 0. The molecule has 0 aromatic rings. The number of hydrogen-bond acceptors (Lipinski definition) is 6. The number of rotatable bonds is 53. The van der Waals surface area contributed by atoms with Gasteiger partial charge in [-0.3, -0.25) is 14.4 Å². The Kier molecular flexibility index (Phi) is 51.1. The second-order valence-corrected chi connectivity index (χ2v) is 20.2. The maximum atomic E-state index is 12.8. The van der Waals surface area contributed by atoms with Gasteiger partial charge in [0.15, 0.2) is 6.10 Å². The lowest BCUT2D eigenvalue weighted by Gasteiger charge is -2.18. The van der Waals surface area contributed by atoms with Crippen LogP contribution >= 0.6 is 0 Å². The van der Waals surface area contributed by atoms with Gasteiger partial charge < -0.3 is 14.2 Å². The molecule has 0 aromatic carbocycles. The first-order valence-electron chi connectivity index (χ1n) is 28.9. The average molecular weight is 906 g/mol. The van der Waals surface area contributed by atoms with E-state index >= 15 is 0 Å². The van der Waals surface area contributed by atoms with Crippen LogP contribution in [-0.2, 0) is 28.6 Å². The fourth-order valence-electron chi connectivity index (χ4n) is 8.89. The topological polar surface area (TPSA) is 78.9 Å². The molecule has 0 bridgehead atoms. The zero-order valence-corrected chi connectivity index (χ0v) is 43.8. The molecule has 380 valence electrons. The lowest BCUT2D eigenvalue weighted by molar-refractivity contribution is -0.167. The van der Waals surface area contributed by atoms with Gasteiger partial charge in [0.1, 0.15) is 13.2 Å². The highest BCUT2D eigenvalue weighted by molar-refractivity contribution is 5.71. The van der Waals surface area contributed by atoms with Gasteiger partial charge in [-0.1, -0.05) is 291 Å². The Bertz CT molecular complexity index is 966. The van der Waals surface area contributed by atoms with Gasteiger partial charge >= 0.3 is 17.9 Å². The van der Waals surface area contributed by atoms with Crippen LogP contribution in [0.4, 0.5) is 0 Å². The van der Waals surface area contributed by atoms with Crippen molar-refractivity contribution in [1.29, 1.82) is 0 Å². The molecule has 64 heavy (non-hydrogen) atoms. The summed E-state index contributed by atoms with van der Waals surface area (Å²) in [5, 5.41) is 0. The van der Waals surface area contributed by atoms with Crippen molar-refractivity contribution in [2.75, 3.05) is 13.2 Å². The molecule has 0 saturated carbocycles. The molecule has 0 aliphatic carbocycles. The monoisotopic (exact) mass is 905 g/mol. The predicted octanol–water partition coefficient (Wildman–Crippen LogP) is 19.0. The molecule has 0 spiro atoms. The Hall–Kier alpha value is -1.59. The summed E-state index contributed by atoms with van der Waals surface area (Å²) in [6.07, 6.45) is 56.7. The molecule has 1 unspecified atom stereocenters. The third-order valence-electron chi connectivity index (χ3n) is 13.7. The average Bonchev–Trinajstić information content (AvgIpc) is 3.29. The van der Waals surface area contributed by atoms with Gasteiger partial charge in [-0.25, -0.2) is 0 Å². The summed E-state index contributed by atoms with van der Waals surface area (Å²) in [5.74, 6) is 0.0564. The zero-order valence-electron chi connectivity index (χ0n) is 43.8. The van der Waals surface area contributed by atoms with Crippen LogP contribution in [0.5, 0.6) is 0 Å². The minimum Gasteiger partial charge on any atom is -0.462 e. The fourth-order valence-corrected chi connectivity index (χ4v) is 8.89. The van der Waals surface area contributed by atoms with Gasteiger partial charge in [-0.05, 0) is 25.2 Å². The van der Waals surface area contributed by atoms with Gasteiger partial charge in [0.2, 0.25) is 0 Å². The van der Waals surface area contributed by atoms with Gasteiger partial charge in [0.25, 0.3) is 0 Å². The SMILES string of the molecule is CCCCCCCCCCCCCCCCCCCCCC(=O)O[C@@H](COC(=O)CCCCCCCCCCC)COC(=O)CCCCCCCCCCCCCCCCC(C)CC. The predicted molar refractivity (Wildman–Crippen MR) is 275 cm³/mol. The molecule has 6 nitrogen and oxygen atoms in total. The van der Waals surface area contributed by atoms with Gasteiger partial charge in [0.05, 0.1) is 0 Å². The second kappa shape index (κ2) is 52.4. The standard InChI is InChI=1S/C58H112O6/c1-5-8-10-12-14-16-17-18-19-20-21-22-23-28-31-35-39-43-47-51-58(61)64-55(52-62-56(59)49-45-41-37-32-15-13-11-9-6-2)53-63-57(60)50-46-42-38-34-30-27-25-24-26-29-33-36-40-44-48-54(4)7-3/h54-55H,5-53H2,1-4H3/t54?,55-/m0/s1. The van der Waals surface area contributed by atoms with E-state index in [0.29, 0.717) is 19.3 Å². The van der Waals surface area contributed by atoms with E-state index in [1.54, 1.807) is 0 Å². The van der Waals surface area contributed by atoms with Gasteiger partial charge in [0, 0.05) is 19.3 Å². The van der Waals surface area contributed by atoms with Crippen molar-refractivity contribution in [3.8, 4) is 0 Å². The summed E-state index contributed by atoms with van der Waals surface area (Å²) < 4.78 is 16.8. The van der Waals surface area contributed by atoms with E-state index in [1.165, 1.54) is 225 Å². The molecule has 0 amide bonds. The van der Waals surface area contributed by atoms with E-state index in [1.807, 2.05) is 0 Å². The third kappa shape index (κ3) is 49.8. The first kappa shape index (κ1) is 62.4. The van der Waals surface area contributed by atoms with E-state index < -0.39 is 6.10 Å². The highest BCUT2D eigenvalue weighted by Gasteiger charge is 2.19. The van der Waals surface area contributed by atoms with Crippen LogP contribution in [-0.4, -0.2) is 37.2 Å². The molecule has 0 aromatic heterocycles. The number of carbonyl (C=O) groups excluding carboxylic acids is 3. The maximum absolute atomic E-state index is 12.8. The van der Waals surface area contributed by atoms with Crippen molar-refractivity contribution in [3.63, 3.8) is 0 Å². The van der Waals surface area contributed by atoms with Crippen molar-refractivity contribution in [2.45, 2.75) is 336 Å². The highest BCUT2D eigenvalue weighted by atomic mass is 16.6. The smallest absolute Gasteiger partial charge is 0.306 e. The van der Waals surface area contributed by atoms with Crippen molar-refractivity contribution < 1.29 is 28.6 Å². The Morgan fingerprint density at radius 3 is 0.812 bits per heavy atom. The minimum atomic E-state index is -0.761. The first-order chi connectivity index (χ1) is 31.4. The first-order valence-corrected chi connectivity index (χ1v) is 28.9. The summed E-state index contributed by atoms with van der Waals surface area (Å²) in [4.78, 5) is 38.0. The van der Waals surface area contributed by atoms with Crippen LogP contribution in [0.15, 0.2) is 0 Å². The van der Waals surface area contributed by atoms with Crippen molar-refractivity contribution in [3.05, 3.63) is 0 Å². The van der Waals surface area contributed by atoms with Crippen LogP contribution in [0.25, 0.3) is 0 Å². The van der Waals surface area contributed by atoms with Gasteiger partial charge in [-0.2, -0.15) is 0 Å². The van der Waals surface area contributed by atoms with E-state index in [-0.39, 0.29) is 31.1 Å². The fraction of sp³-hybridized carbons (Fsp3) is 0.948. The largest absolute Gasteiger partial charge is 0.462 e. The van der Waals surface area contributed by atoms with Gasteiger partial charge in [-0.15, -0.1) is 0 Å². The van der Waals surface area contributed by atoms with E-state index in [4.69, 9.17) is 14.2 Å². The van der Waals surface area contributed by atoms with Crippen molar-refractivity contribution >= 4 is 17.9 Å². The molecule has 0 N–H and O–H groups in total. The third-order valence-corrected chi connectivity index (χ3v) is 13.7. The number of esters is 3. The van der Waals surface area contributed by atoms with Crippen LogP contribution in [0.1, 0.15) is 329 Å². The molecule has 0 radical (unpaired) electrons. The molecular formula is C58H112O6. The Morgan fingerprint density at radius 2 is 0.547 bits per heavy atom. The molecule has 0 rings (SSSR count). The quantitative estimate of drug-likeness (QED) is 0.0344. The van der Waals surface area contributed by atoms with Crippen molar-refractivity contribution in [1.82, 2.24) is 0 Å². The normalized spacial score (nSPS) is 12.4.